The molecule has 3 rings (SSSR count). The van der Waals surface area contributed by atoms with Crippen molar-refractivity contribution in [1.29, 1.82) is 0 Å². The zero-order valence-corrected chi connectivity index (χ0v) is 14.5. The molecule has 2 aromatic carbocycles. The van der Waals surface area contributed by atoms with Crippen LogP contribution in [-0.2, 0) is 5.41 Å². The Kier molecular flexibility index (Phi) is 3.88. The largest absolute Gasteiger partial charge is 0.436 e. The van der Waals surface area contributed by atoms with E-state index in [4.69, 9.17) is 4.42 Å². The number of hydrogen-bond donors (Lipinski definition) is 1. The summed E-state index contributed by atoms with van der Waals surface area (Å²) in [6, 6.07) is 12.6. The quantitative estimate of drug-likeness (QED) is 0.691. The second kappa shape index (κ2) is 5.73. The maximum Gasteiger partial charge on any atom is 0.227 e. The lowest BCUT2D eigenvalue weighted by Gasteiger charge is -2.18. The SMILES string of the molecule is CCNc1cc(C)c2oc(-c3ccc(C(C)(C)C)cc3)nc2c1. The number of benzene rings is 2. The number of fused-ring (bicyclic) bond motifs is 1. The van der Waals surface area contributed by atoms with E-state index >= 15 is 0 Å². The number of rotatable bonds is 3. The van der Waals surface area contributed by atoms with E-state index in [2.05, 4.69) is 75.3 Å². The van der Waals surface area contributed by atoms with Gasteiger partial charge in [-0.1, -0.05) is 32.9 Å². The van der Waals surface area contributed by atoms with Crippen LogP contribution < -0.4 is 5.32 Å². The second-order valence-electron chi connectivity index (χ2n) is 7.02. The van der Waals surface area contributed by atoms with Crippen LogP contribution >= 0.6 is 0 Å². The molecule has 3 nitrogen and oxygen atoms in total. The fourth-order valence-electron chi connectivity index (χ4n) is 2.74. The van der Waals surface area contributed by atoms with Gasteiger partial charge in [0.05, 0.1) is 0 Å². The first kappa shape index (κ1) is 15.6. The Labute approximate surface area is 137 Å². The molecule has 0 saturated heterocycles. The minimum Gasteiger partial charge on any atom is -0.436 e. The number of anilines is 1. The van der Waals surface area contributed by atoms with E-state index in [1.165, 1.54) is 5.56 Å². The Bertz CT molecular complexity index is 823. The Morgan fingerprint density at radius 1 is 1.09 bits per heavy atom. The van der Waals surface area contributed by atoms with Crippen LogP contribution in [0.1, 0.15) is 38.8 Å². The molecule has 1 heterocycles. The van der Waals surface area contributed by atoms with Crippen LogP contribution in [-0.4, -0.2) is 11.5 Å². The lowest BCUT2D eigenvalue weighted by Crippen LogP contribution is -2.10. The molecule has 3 aromatic rings. The normalized spacial score (nSPS) is 11.9. The van der Waals surface area contributed by atoms with Crippen molar-refractivity contribution in [2.45, 2.75) is 40.0 Å². The Morgan fingerprint density at radius 2 is 1.78 bits per heavy atom. The van der Waals surface area contributed by atoms with Gasteiger partial charge < -0.3 is 9.73 Å². The third-order valence-electron chi connectivity index (χ3n) is 4.05. The van der Waals surface area contributed by atoms with Gasteiger partial charge in [-0.25, -0.2) is 4.98 Å². The van der Waals surface area contributed by atoms with E-state index in [-0.39, 0.29) is 5.41 Å². The van der Waals surface area contributed by atoms with Gasteiger partial charge in [0.2, 0.25) is 5.89 Å². The van der Waals surface area contributed by atoms with Gasteiger partial charge in [0.25, 0.3) is 0 Å². The third-order valence-corrected chi connectivity index (χ3v) is 4.05. The molecule has 0 amide bonds. The first-order valence-electron chi connectivity index (χ1n) is 8.14. The molecule has 1 N–H and O–H groups in total. The van der Waals surface area contributed by atoms with Crippen molar-refractivity contribution in [2.75, 3.05) is 11.9 Å². The molecule has 0 aliphatic carbocycles. The molecule has 0 aliphatic heterocycles. The summed E-state index contributed by atoms with van der Waals surface area (Å²) < 4.78 is 6.00. The lowest BCUT2D eigenvalue weighted by molar-refractivity contribution is 0.589. The molecule has 0 aliphatic rings. The molecule has 1 aromatic heterocycles. The van der Waals surface area contributed by atoms with Crippen molar-refractivity contribution in [3.63, 3.8) is 0 Å². The highest BCUT2D eigenvalue weighted by Gasteiger charge is 2.15. The fraction of sp³-hybridized carbons (Fsp3) is 0.350. The van der Waals surface area contributed by atoms with Crippen molar-refractivity contribution in [3.05, 3.63) is 47.5 Å². The summed E-state index contributed by atoms with van der Waals surface area (Å²) in [6.07, 6.45) is 0. The number of hydrogen-bond acceptors (Lipinski definition) is 3. The summed E-state index contributed by atoms with van der Waals surface area (Å²) in [5.74, 6) is 0.678. The maximum atomic E-state index is 6.00. The molecular weight excluding hydrogens is 284 g/mol. The molecule has 0 bridgehead atoms. The van der Waals surface area contributed by atoms with Crippen molar-refractivity contribution in [2.24, 2.45) is 0 Å². The van der Waals surface area contributed by atoms with Crippen molar-refractivity contribution < 1.29 is 4.42 Å². The summed E-state index contributed by atoms with van der Waals surface area (Å²) in [6.45, 7) is 11.7. The van der Waals surface area contributed by atoms with E-state index in [0.717, 1.165) is 34.5 Å². The van der Waals surface area contributed by atoms with Crippen molar-refractivity contribution >= 4 is 16.8 Å². The Morgan fingerprint density at radius 3 is 2.39 bits per heavy atom. The average molecular weight is 308 g/mol. The molecule has 0 atom stereocenters. The van der Waals surface area contributed by atoms with Gasteiger partial charge in [-0.2, -0.15) is 0 Å². The summed E-state index contributed by atoms with van der Waals surface area (Å²) >= 11 is 0. The van der Waals surface area contributed by atoms with Gasteiger partial charge in [-0.15, -0.1) is 0 Å². The number of aryl methyl sites for hydroxylation is 1. The monoisotopic (exact) mass is 308 g/mol. The van der Waals surface area contributed by atoms with Crippen LogP contribution in [0.3, 0.4) is 0 Å². The van der Waals surface area contributed by atoms with Crippen LogP contribution in [0.5, 0.6) is 0 Å². The number of nitrogens with zero attached hydrogens (tertiary/aromatic N) is 1. The first-order valence-corrected chi connectivity index (χ1v) is 8.14. The van der Waals surface area contributed by atoms with Gasteiger partial charge >= 0.3 is 0 Å². The number of aromatic nitrogens is 1. The van der Waals surface area contributed by atoms with Gasteiger partial charge in [-0.05, 0) is 54.7 Å². The lowest BCUT2D eigenvalue weighted by atomic mass is 9.87. The molecule has 0 fully saturated rings. The zero-order chi connectivity index (χ0) is 16.6. The first-order chi connectivity index (χ1) is 10.9. The second-order valence-corrected chi connectivity index (χ2v) is 7.02. The van der Waals surface area contributed by atoms with E-state index < -0.39 is 0 Å². The highest BCUT2D eigenvalue weighted by atomic mass is 16.3. The molecule has 0 unspecified atom stereocenters. The molecule has 0 saturated carbocycles. The molecule has 3 heteroatoms. The predicted octanol–water partition coefficient (Wildman–Crippen LogP) is 5.53. The van der Waals surface area contributed by atoms with Crippen LogP contribution in [0, 0.1) is 6.92 Å². The summed E-state index contributed by atoms with van der Waals surface area (Å²) in [5.41, 5.74) is 6.42. The predicted molar refractivity (Wildman–Crippen MR) is 97.0 cm³/mol. The van der Waals surface area contributed by atoms with Crippen molar-refractivity contribution in [1.82, 2.24) is 4.98 Å². The fourth-order valence-corrected chi connectivity index (χ4v) is 2.74. The number of nitrogens with one attached hydrogen (secondary N) is 1. The molecule has 120 valence electrons. The molecule has 23 heavy (non-hydrogen) atoms. The Hall–Kier alpha value is -2.29. The highest BCUT2D eigenvalue weighted by molar-refractivity contribution is 5.83. The van der Waals surface area contributed by atoms with Gasteiger partial charge in [0, 0.05) is 17.8 Å². The van der Waals surface area contributed by atoms with E-state index in [9.17, 15) is 0 Å². The minimum atomic E-state index is 0.150. The van der Waals surface area contributed by atoms with Gasteiger partial charge in [0.1, 0.15) is 5.52 Å². The van der Waals surface area contributed by atoms with Gasteiger partial charge in [0.15, 0.2) is 5.58 Å². The average Bonchev–Trinajstić information content (AvgIpc) is 2.91. The van der Waals surface area contributed by atoms with Crippen LogP contribution in [0.2, 0.25) is 0 Å². The Balaban J connectivity index is 2.01. The number of oxazole rings is 1. The van der Waals surface area contributed by atoms with E-state index in [0.29, 0.717) is 5.89 Å². The van der Waals surface area contributed by atoms with Crippen LogP contribution in [0.25, 0.3) is 22.6 Å². The highest BCUT2D eigenvalue weighted by Crippen LogP contribution is 2.30. The molecule has 0 radical (unpaired) electrons. The smallest absolute Gasteiger partial charge is 0.227 e. The van der Waals surface area contributed by atoms with Crippen LogP contribution in [0.4, 0.5) is 5.69 Å². The minimum absolute atomic E-state index is 0.150. The maximum absolute atomic E-state index is 6.00. The third kappa shape index (κ3) is 3.09. The van der Waals surface area contributed by atoms with E-state index in [1.54, 1.807) is 0 Å². The summed E-state index contributed by atoms with van der Waals surface area (Å²) in [5, 5.41) is 3.33. The summed E-state index contributed by atoms with van der Waals surface area (Å²) in [7, 11) is 0. The standard InChI is InChI=1S/C20H24N2O/c1-6-21-16-11-13(2)18-17(12-16)22-19(23-18)14-7-9-15(10-8-14)20(3,4)5/h7-12,21H,6H2,1-5H3. The topological polar surface area (TPSA) is 38.1 Å². The zero-order valence-electron chi connectivity index (χ0n) is 14.5. The molecule has 0 spiro atoms. The van der Waals surface area contributed by atoms with Gasteiger partial charge in [-0.3, -0.25) is 0 Å². The van der Waals surface area contributed by atoms with E-state index in [1.807, 2.05) is 6.07 Å². The van der Waals surface area contributed by atoms with Crippen molar-refractivity contribution in [3.8, 4) is 11.5 Å². The summed E-state index contributed by atoms with van der Waals surface area (Å²) in [4.78, 5) is 4.67. The molecular formula is C20H24N2O. The van der Waals surface area contributed by atoms with Crippen LogP contribution in [0.15, 0.2) is 40.8 Å².